The number of halogens is 2. The number of carbonyl (C=O) groups is 1. The van der Waals surface area contributed by atoms with Crippen LogP contribution in [0.25, 0.3) is 0 Å². The van der Waals surface area contributed by atoms with E-state index in [0.717, 1.165) is 27.7 Å². The molecule has 134 valence electrons. The molecule has 0 spiro atoms. The number of nitrogens with one attached hydrogen (secondary N) is 2. The minimum atomic E-state index is -0.203. The fraction of sp³-hybridized carbons (Fsp3) is 0.316. The van der Waals surface area contributed by atoms with Crippen LogP contribution in [0.2, 0.25) is 5.02 Å². The number of carbonyl (C=O) groups excluding carboxylic acids is 1. The van der Waals surface area contributed by atoms with E-state index in [2.05, 4.69) is 33.5 Å². The van der Waals surface area contributed by atoms with Gasteiger partial charge in [0.15, 0.2) is 0 Å². The molecule has 0 atom stereocenters. The van der Waals surface area contributed by atoms with Gasteiger partial charge in [0.05, 0.1) is 11.6 Å². The van der Waals surface area contributed by atoms with Crippen molar-refractivity contribution in [2.45, 2.75) is 26.7 Å². The summed E-state index contributed by atoms with van der Waals surface area (Å²) < 4.78 is 6.53. The third-order valence-electron chi connectivity index (χ3n) is 3.74. The van der Waals surface area contributed by atoms with Crippen molar-refractivity contribution in [3.05, 3.63) is 57.0 Å². The normalized spacial score (nSPS) is 10.4. The maximum absolute atomic E-state index is 12.1. The zero-order chi connectivity index (χ0) is 18.2. The third kappa shape index (κ3) is 5.94. The highest BCUT2D eigenvalue weighted by molar-refractivity contribution is 9.10. The molecular weight excluding hydrogens is 404 g/mol. The SMILES string of the molecule is CCc1cccc(C)c1NC(=O)NCCCOc1ccc(Br)cc1Cl. The zero-order valence-corrected chi connectivity index (χ0v) is 16.7. The van der Waals surface area contributed by atoms with Crippen LogP contribution < -0.4 is 15.4 Å². The Bertz CT molecular complexity index is 737. The van der Waals surface area contributed by atoms with Gasteiger partial charge in [-0.2, -0.15) is 0 Å². The predicted molar refractivity (Wildman–Crippen MR) is 107 cm³/mol. The Hall–Kier alpha value is -1.72. The number of para-hydroxylation sites is 1. The van der Waals surface area contributed by atoms with Crippen molar-refractivity contribution < 1.29 is 9.53 Å². The number of urea groups is 1. The molecule has 2 amide bonds. The zero-order valence-electron chi connectivity index (χ0n) is 14.4. The summed E-state index contributed by atoms with van der Waals surface area (Å²) in [4.78, 5) is 12.1. The highest BCUT2D eigenvalue weighted by Gasteiger charge is 2.08. The average Bonchev–Trinajstić information content (AvgIpc) is 2.58. The Labute approximate surface area is 162 Å². The molecule has 4 nitrogen and oxygen atoms in total. The average molecular weight is 426 g/mol. The smallest absolute Gasteiger partial charge is 0.319 e. The minimum absolute atomic E-state index is 0.203. The van der Waals surface area contributed by atoms with E-state index in [9.17, 15) is 4.79 Å². The minimum Gasteiger partial charge on any atom is -0.492 e. The molecule has 2 N–H and O–H groups in total. The van der Waals surface area contributed by atoms with Gasteiger partial charge in [-0.25, -0.2) is 4.79 Å². The monoisotopic (exact) mass is 424 g/mol. The van der Waals surface area contributed by atoms with Crippen molar-refractivity contribution in [3.63, 3.8) is 0 Å². The number of benzene rings is 2. The molecule has 2 aromatic rings. The Morgan fingerprint density at radius 2 is 2.08 bits per heavy atom. The molecule has 0 radical (unpaired) electrons. The molecule has 0 heterocycles. The molecule has 0 aliphatic carbocycles. The van der Waals surface area contributed by atoms with Gasteiger partial charge in [-0.15, -0.1) is 0 Å². The Kier molecular flexibility index (Phi) is 7.59. The van der Waals surface area contributed by atoms with Gasteiger partial charge >= 0.3 is 6.03 Å². The van der Waals surface area contributed by atoms with Crippen LogP contribution in [-0.2, 0) is 6.42 Å². The molecule has 2 aromatic carbocycles. The number of ether oxygens (including phenoxy) is 1. The van der Waals surface area contributed by atoms with Gasteiger partial charge in [0.2, 0.25) is 0 Å². The summed E-state index contributed by atoms with van der Waals surface area (Å²) in [6, 6.07) is 11.3. The summed E-state index contributed by atoms with van der Waals surface area (Å²) in [6.45, 7) is 5.06. The van der Waals surface area contributed by atoms with Crippen LogP contribution >= 0.6 is 27.5 Å². The summed E-state index contributed by atoms with van der Waals surface area (Å²) in [5, 5.41) is 6.35. The van der Waals surface area contributed by atoms with Crippen molar-refractivity contribution in [3.8, 4) is 5.75 Å². The number of hydrogen-bond acceptors (Lipinski definition) is 2. The second kappa shape index (κ2) is 9.68. The second-order valence-electron chi connectivity index (χ2n) is 5.62. The third-order valence-corrected chi connectivity index (χ3v) is 4.53. The summed E-state index contributed by atoms with van der Waals surface area (Å²) in [7, 11) is 0. The van der Waals surface area contributed by atoms with E-state index in [1.165, 1.54) is 0 Å². The van der Waals surface area contributed by atoms with Crippen LogP contribution in [0.3, 0.4) is 0 Å². The molecule has 0 aliphatic heterocycles. The number of anilines is 1. The lowest BCUT2D eigenvalue weighted by atomic mass is 10.1. The van der Waals surface area contributed by atoms with Gasteiger partial charge in [0.25, 0.3) is 0 Å². The first-order valence-corrected chi connectivity index (χ1v) is 9.39. The van der Waals surface area contributed by atoms with Crippen LogP contribution in [0.4, 0.5) is 10.5 Å². The fourth-order valence-corrected chi connectivity index (χ4v) is 3.14. The van der Waals surface area contributed by atoms with E-state index in [0.29, 0.717) is 30.3 Å². The van der Waals surface area contributed by atoms with Gasteiger partial charge in [-0.05, 0) is 49.1 Å². The van der Waals surface area contributed by atoms with Crippen molar-refractivity contribution >= 4 is 39.2 Å². The van der Waals surface area contributed by atoms with E-state index in [1.807, 2.05) is 37.3 Å². The molecule has 0 aliphatic rings. The van der Waals surface area contributed by atoms with Crippen molar-refractivity contribution in [1.82, 2.24) is 5.32 Å². The first-order chi connectivity index (χ1) is 12.0. The van der Waals surface area contributed by atoms with Crippen LogP contribution in [0, 0.1) is 6.92 Å². The van der Waals surface area contributed by atoms with E-state index < -0.39 is 0 Å². The predicted octanol–water partition coefficient (Wildman–Crippen LogP) is 5.56. The van der Waals surface area contributed by atoms with E-state index in [4.69, 9.17) is 16.3 Å². The number of rotatable bonds is 7. The standard InChI is InChI=1S/C19H22BrClN2O2/c1-3-14-7-4-6-13(2)18(14)23-19(24)22-10-5-11-25-17-9-8-15(20)12-16(17)21/h4,6-9,12H,3,5,10-11H2,1-2H3,(H2,22,23,24). The quantitative estimate of drug-likeness (QED) is 0.570. The summed E-state index contributed by atoms with van der Waals surface area (Å²) in [5.41, 5.74) is 3.08. The van der Waals surface area contributed by atoms with Crippen molar-refractivity contribution in [1.29, 1.82) is 0 Å². The summed E-state index contributed by atoms with van der Waals surface area (Å²) in [5.74, 6) is 0.641. The molecule has 0 saturated carbocycles. The highest BCUT2D eigenvalue weighted by Crippen LogP contribution is 2.27. The van der Waals surface area contributed by atoms with Crippen molar-refractivity contribution in [2.24, 2.45) is 0 Å². The Balaban J connectivity index is 1.74. The highest BCUT2D eigenvalue weighted by atomic mass is 79.9. The first kappa shape index (κ1) is 19.6. The lowest BCUT2D eigenvalue weighted by molar-refractivity contribution is 0.250. The van der Waals surface area contributed by atoms with Crippen LogP contribution in [0.1, 0.15) is 24.5 Å². The first-order valence-electron chi connectivity index (χ1n) is 8.22. The summed E-state index contributed by atoms with van der Waals surface area (Å²) in [6.07, 6.45) is 1.56. The van der Waals surface area contributed by atoms with Gasteiger partial charge < -0.3 is 15.4 Å². The van der Waals surface area contributed by atoms with E-state index >= 15 is 0 Å². The summed E-state index contributed by atoms with van der Waals surface area (Å²) >= 11 is 9.44. The molecule has 0 fully saturated rings. The number of amides is 2. The maximum atomic E-state index is 12.1. The van der Waals surface area contributed by atoms with Crippen LogP contribution in [-0.4, -0.2) is 19.2 Å². The molecule has 6 heteroatoms. The molecule has 25 heavy (non-hydrogen) atoms. The molecule has 0 saturated heterocycles. The topological polar surface area (TPSA) is 50.4 Å². The lowest BCUT2D eigenvalue weighted by Crippen LogP contribution is -2.30. The van der Waals surface area contributed by atoms with Crippen molar-refractivity contribution in [2.75, 3.05) is 18.5 Å². The molecule has 2 rings (SSSR count). The number of hydrogen-bond donors (Lipinski definition) is 2. The fourth-order valence-electron chi connectivity index (χ4n) is 2.41. The van der Waals surface area contributed by atoms with Gasteiger partial charge in [-0.3, -0.25) is 0 Å². The lowest BCUT2D eigenvalue weighted by Gasteiger charge is -2.14. The van der Waals surface area contributed by atoms with Crippen LogP contribution in [0.5, 0.6) is 5.75 Å². The molecule has 0 aromatic heterocycles. The Morgan fingerprint density at radius 1 is 1.28 bits per heavy atom. The maximum Gasteiger partial charge on any atom is 0.319 e. The Morgan fingerprint density at radius 3 is 2.80 bits per heavy atom. The molecule has 0 bridgehead atoms. The molecular formula is C19H22BrClN2O2. The number of aryl methyl sites for hydroxylation is 2. The van der Waals surface area contributed by atoms with E-state index in [1.54, 1.807) is 6.07 Å². The van der Waals surface area contributed by atoms with Crippen LogP contribution in [0.15, 0.2) is 40.9 Å². The van der Waals surface area contributed by atoms with Gasteiger partial charge in [0.1, 0.15) is 5.75 Å². The molecule has 0 unspecified atom stereocenters. The van der Waals surface area contributed by atoms with Gasteiger partial charge in [-0.1, -0.05) is 52.7 Å². The van der Waals surface area contributed by atoms with Gasteiger partial charge in [0, 0.05) is 16.7 Å². The largest absolute Gasteiger partial charge is 0.492 e. The van der Waals surface area contributed by atoms with E-state index in [-0.39, 0.29) is 6.03 Å². The second-order valence-corrected chi connectivity index (χ2v) is 6.94.